The summed E-state index contributed by atoms with van der Waals surface area (Å²) in [7, 11) is 0. The molecule has 1 atom stereocenters. The number of carbonyl (C=O) groups excluding carboxylic acids is 1. The molecule has 1 aliphatic carbocycles. The van der Waals surface area contributed by atoms with Crippen molar-refractivity contribution in [2.24, 2.45) is 17.1 Å². The van der Waals surface area contributed by atoms with Gasteiger partial charge in [0.15, 0.2) is 0 Å². The zero-order valence-electron chi connectivity index (χ0n) is 12.6. The Morgan fingerprint density at radius 3 is 2.30 bits per heavy atom. The summed E-state index contributed by atoms with van der Waals surface area (Å²) in [6.45, 7) is 4.01. The summed E-state index contributed by atoms with van der Waals surface area (Å²) in [6, 6.07) is 0.372. The molecule has 3 saturated heterocycles. The zero-order valence-corrected chi connectivity index (χ0v) is 12.6. The molecule has 0 aromatic heterocycles. The molecule has 114 valence electrons. The highest BCUT2D eigenvalue weighted by molar-refractivity contribution is 5.83. The minimum atomic E-state index is -0.275. The highest BCUT2D eigenvalue weighted by Gasteiger charge is 2.41. The van der Waals surface area contributed by atoms with Crippen LogP contribution in [-0.2, 0) is 4.79 Å². The van der Waals surface area contributed by atoms with Gasteiger partial charge in [0.25, 0.3) is 0 Å². The summed E-state index contributed by atoms with van der Waals surface area (Å²) in [4.78, 5) is 15.3. The van der Waals surface area contributed by atoms with E-state index in [1.807, 2.05) is 0 Å². The van der Waals surface area contributed by atoms with E-state index in [-0.39, 0.29) is 11.3 Å². The number of nitrogens with one attached hydrogen (secondary N) is 1. The third kappa shape index (κ3) is 2.73. The number of nitrogens with two attached hydrogens (primary N) is 1. The summed E-state index contributed by atoms with van der Waals surface area (Å²) < 4.78 is 0. The Kier molecular flexibility index (Phi) is 4.32. The fraction of sp³-hybridized carbons (Fsp3) is 0.938. The summed E-state index contributed by atoms with van der Waals surface area (Å²) in [5.41, 5.74) is 5.74. The van der Waals surface area contributed by atoms with Gasteiger partial charge in [0.2, 0.25) is 5.91 Å². The van der Waals surface area contributed by atoms with Crippen LogP contribution in [0.5, 0.6) is 0 Å². The van der Waals surface area contributed by atoms with E-state index < -0.39 is 0 Å². The zero-order chi connectivity index (χ0) is 14.0. The Hall–Kier alpha value is -0.610. The molecule has 4 heteroatoms. The van der Waals surface area contributed by atoms with Crippen molar-refractivity contribution in [1.82, 2.24) is 10.2 Å². The van der Waals surface area contributed by atoms with Gasteiger partial charge in [-0.1, -0.05) is 25.7 Å². The van der Waals surface area contributed by atoms with Crippen molar-refractivity contribution in [2.45, 2.75) is 57.4 Å². The second-order valence-electron chi connectivity index (χ2n) is 7.12. The molecule has 20 heavy (non-hydrogen) atoms. The third-order valence-corrected chi connectivity index (χ3v) is 5.91. The molecular formula is C16H29N3O. The van der Waals surface area contributed by atoms with Crippen LogP contribution in [0.4, 0.5) is 0 Å². The van der Waals surface area contributed by atoms with E-state index >= 15 is 0 Å². The Balaban J connectivity index is 1.64. The number of hydrogen-bond donors (Lipinski definition) is 2. The number of hydrogen-bond acceptors (Lipinski definition) is 3. The molecule has 2 bridgehead atoms. The van der Waals surface area contributed by atoms with Gasteiger partial charge in [0, 0.05) is 19.1 Å². The minimum Gasteiger partial charge on any atom is -0.351 e. The van der Waals surface area contributed by atoms with Gasteiger partial charge < -0.3 is 16.0 Å². The number of piperidine rings is 3. The SMILES string of the molecule is NCC1(C(=O)NC2CN3CCC2CC3)CCCCCC1. The van der Waals surface area contributed by atoms with E-state index in [0.29, 0.717) is 18.5 Å². The Morgan fingerprint density at radius 2 is 1.80 bits per heavy atom. The first-order chi connectivity index (χ1) is 9.73. The average Bonchev–Trinajstić information content (AvgIpc) is 2.75. The normalized spacial score (nSPS) is 36.4. The fourth-order valence-electron chi connectivity index (χ4n) is 4.38. The van der Waals surface area contributed by atoms with E-state index in [9.17, 15) is 4.79 Å². The first kappa shape index (κ1) is 14.3. The van der Waals surface area contributed by atoms with Crippen molar-refractivity contribution in [3.05, 3.63) is 0 Å². The van der Waals surface area contributed by atoms with Crippen LogP contribution in [0.25, 0.3) is 0 Å². The molecule has 0 spiro atoms. The Bertz CT molecular complexity index is 342. The van der Waals surface area contributed by atoms with Gasteiger partial charge >= 0.3 is 0 Å². The standard InChI is InChI=1S/C16H29N3O/c17-12-16(7-3-1-2-4-8-16)15(20)18-14-11-19-9-5-13(14)6-10-19/h13-14H,1-12,17H2,(H,18,20). The molecule has 4 nitrogen and oxygen atoms in total. The smallest absolute Gasteiger partial charge is 0.227 e. The predicted octanol–water partition coefficient (Wildman–Crippen LogP) is 1.50. The monoisotopic (exact) mass is 279 g/mol. The van der Waals surface area contributed by atoms with Gasteiger partial charge in [-0.05, 0) is 44.7 Å². The van der Waals surface area contributed by atoms with Crippen LogP contribution < -0.4 is 11.1 Å². The van der Waals surface area contributed by atoms with E-state index in [1.54, 1.807) is 0 Å². The van der Waals surface area contributed by atoms with Crippen LogP contribution >= 0.6 is 0 Å². The summed E-state index contributed by atoms with van der Waals surface area (Å²) in [5, 5.41) is 3.38. The van der Waals surface area contributed by atoms with Gasteiger partial charge in [-0.2, -0.15) is 0 Å². The van der Waals surface area contributed by atoms with Crippen LogP contribution in [0.2, 0.25) is 0 Å². The van der Waals surface area contributed by atoms with E-state index in [1.165, 1.54) is 38.8 Å². The second kappa shape index (κ2) is 6.02. The maximum absolute atomic E-state index is 12.8. The third-order valence-electron chi connectivity index (χ3n) is 5.91. The van der Waals surface area contributed by atoms with Crippen molar-refractivity contribution >= 4 is 5.91 Å². The summed E-state index contributed by atoms with van der Waals surface area (Å²) in [6.07, 6.45) is 9.30. The lowest BCUT2D eigenvalue weighted by atomic mass is 9.78. The maximum atomic E-state index is 12.8. The second-order valence-corrected chi connectivity index (χ2v) is 7.12. The van der Waals surface area contributed by atoms with E-state index in [4.69, 9.17) is 5.73 Å². The lowest BCUT2D eigenvalue weighted by Crippen LogP contribution is -2.60. The molecule has 0 aromatic rings. The lowest BCUT2D eigenvalue weighted by molar-refractivity contribution is -0.133. The summed E-state index contributed by atoms with van der Waals surface area (Å²) in [5.74, 6) is 0.949. The number of rotatable bonds is 3. The minimum absolute atomic E-state index is 0.251. The first-order valence-electron chi connectivity index (χ1n) is 8.47. The average molecular weight is 279 g/mol. The van der Waals surface area contributed by atoms with Crippen LogP contribution in [0, 0.1) is 11.3 Å². The van der Waals surface area contributed by atoms with Gasteiger partial charge in [-0.15, -0.1) is 0 Å². The molecule has 4 aliphatic rings. The number of carbonyl (C=O) groups is 1. The molecule has 0 radical (unpaired) electrons. The van der Waals surface area contributed by atoms with Crippen molar-refractivity contribution in [3.63, 3.8) is 0 Å². The molecule has 3 N–H and O–H groups in total. The van der Waals surface area contributed by atoms with Crippen LogP contribution in [-0.4, -0.2) is 43.0 Å². The lowest BCUT2D eigenvalue weighted by Gasteiger charge is -2.46. The van der Waals surface area contributed by atoms with Crippen molar-refractivity contribution in [3.8, 4) is 0 Å². The Morgan fingerprint density at radius 1 is 1.15 bits per heavy atom. The number of nitrogens with zero attached hydrogens (tertiary/aromatic N) is 1. The van der Waals surface area contributed by atoms with Gasteiger partial charge in [-0.3, -0.25) is 4.79 Å². The predicted molar refractivity (Wildman–Crippen MR) is 80.3 cm³/mol. The van der Waals surface area contributed by atoms with Gasteiger partial charge in [0.05, 0.1) is 5.41 Å². The van der Waals surface area contributed by atoms with Crippen LogP contribution in [0.1, 0.15) is 51.4 Å². The molecule has 1 unspecified atom stereocenters. The van der Waals surface area contributed by atoms with Crippen molar-refractivity contribution < 1.29 is 4.79 Å². The Labute approximate surface area is 122 Å². The maximum Gasteiger partial charge on any atom is 0.227 e. The quantitative estimate of drug-likeness (QED) is 0.770. The molecule has 3 aliphatic heterocycles. The van der Waals surface area contributed by atoms with E-state index in [2.05, 4.69) is 10.2 Å². The topological polar surface area (TPSA) is 58.4 Å². The first-order valence-corrected chi connectivity index (χ1v) is 8.47. The number of amides is 1. The van der Waals surface area contributed by atoms with Crippen LogP contribution in [0.15, 0.2) is 0 Å². The summed E-state index contributed by atoms with van der Waals surface area (Å²) >= 11 is 0. The fourth-order valence-corrected chi connectivity index (χ4v) is 4.38. The molecule has 1 amide bonds. The van der Waals surface area contributed by atoms with Crippen molar-refractivity contribution in [2.75, 3.05) is 26.2 Å². The van der Waals surface area contributed by atoms with Crippen LogP contribution in [0.3, 0.4) is 0 Å². The van der Waals surface area contributed by atoms with Gasteiger partial charge in [0.1, 0.15) is 0 Å². The number of fused-ring (bicyclic) bond motifs is 3. The largest absolute Gasteiger partial charge is 0.351 e. The molecule has 0 aromatic carbocycles. The van der Waals surface area contributed by atoms with E-state index in [0.717, 1.165) is 32.2 Å². The highest BCUT2D eigenvalue weighted by Crippen LogP contribution is 2.35. The molecule has 4 rings (SSSR count). The molecule has 4 fully saturated rings. The van der Waals surface area contributed by atoms with Gasteiger partial charge in [-0.25, -0.2) is 0 Å². The molecular weight excluding hydrogens is 250 g/mol. The van der Waals surface area contributed by atoms with Crippen molar-refractivity contribution in [1.29, 1.82) is 0 Å². The molecule has 1 saturated carbocycles. The highest BCUT2D eigenvalue weighted by atomic mass is 16.2. The molecule has 3 heterocycles.